The average Bonchev–Trinajstić information content (AvgIpc) is 2.18. The minimum absolute atomic E-state index is 0.375. The van der Waals surface area contributed by atoms with Crippen molar-refractivity contribution in [1.82, 2.24) is 10.2 Å². The molecule has 0 aromatic heterocycles. The van der Waals surface area contributed by atoms with Gasteiger partial charge < -0.3 is 5.32 Å². The predicted molar refractivity (Wildman–Crippen MR) is 71.8 cm³/mol. The fourth-order valence-electron chi connectivity index (χ4n) is 2.71. The first-order valence-electron chi connectivity index (χ1n) is 6.94. The van der Waals surface area contributed by atoms with Crippen molar-refractivity contribution < 1.29 is 0 Å². The van der Waals surface area contributed by atoms with E-state index in [1.807, 2.05) is 0 Å². The zero-order valence-electron chi connectivity index (χ0n) is 11.8. The van der Waals surface area contributed by atoms with Gasteiger partial charge in [-0.3, -0.25) is 4.90 Å². The second-order valence-electron chi connectivity index (χ2n) is 6.21. The lowest BCUT2D eigenvalue weighted by molar-refractivity contribution is 0.0789. The van der Waals surface area contributed by atoms with Gasteiger partial charge in [0.15, 0.2) is 0 Å². The molecule has 1 aliphatic rings. The molecule has 0 aliphatic carbocycles. The van der Waals surface area contributed by atoms with Crippen LogP contribution < -0.4 is 5.32 Å². The number of nitrogens with one attached hydrogen (secondary N) is 1. The van der Waals surface area contributed by atoms with Crippen LogP contribution >= 0.6 is 0 Å². The van der Waals surface area contributed by atoms with Crippen molar-refractivity contribution in [3.05, 3.63) is 0 Å². The van der Waals surface area contributed by atoms with Crippen molar-refractivity contribution in [3.63, 3.8) is 0 Å². The zero-order valence-corrected chi connectivity index (χ0v) is 11.8. The fraction of sp³-hybridized carbons (Fsp3) is 1.00. The summed E-state index contributed by atoms with van der Waals surface area (Å²) in [5, 5.41) is 3.61. The Hall–Kier alpha value is -0.0800. The molecule has 2 unspecified atom stereocenters. The van der Waals surface area contributed by atoms with E-state index in [4.69, 9.17) is 0 Å². The van der Waals surface area contributed by atoms with Crippen molar-refractivity contribution in [2.45, 2.75) is 65.5 Å². The Labute approximate surface area is 102 Å². The molecule has 1 rings (SSSR count). The minimum Gasteiger partial charge on any atom is -0.314 e. The van der Waals surface area contributed by atoms with Gasteiger partial charge in [0.05, 0.1) is 0 Å². The third kappa shape index (κ3) is 4.06. The Morgan fingerprint density at radius 2 is 2.00 bits per heavy atom. The van der Waals surface area contributed by atoms with Gasteiger partial charge >= 0.3 is 0 Å². The smallest absolute Gasteiger partial charge is 0.0153 e. The summed E-state index contributed by atoms with van der Waals surface area (Å²) in [6.07, 6.45) is 3.87. The molecule has 0 saturated carbocycles. The van der Waals surface area contributed by atoms with Gasteiger partial charge in [-0.05, 0) is 46.1 Å². The molecule has 2 nitrogen and oxygen atoms in total. The summed E-state index contributed by atoms with van der Waals surface area (Å²) in [7, 11) is 0. The number of nitrogens with zero attached hydrogens (tertiary/aromatic N) is 1. The van der Waals surface area contributed by atoms with Crippen LogP contribution in [0.1, 0.15) is 53.9 Å². The molecule has 1 heterocycles. The van der Waals surface area contributed by atoms with Crippen LogP contribution in [0.2, 0.25) is 0 Å². The summed E-state index contributed by atoms with van der Waals surface area (Å²) in [4.78, 5) is 2.71. The summed E-state index contributed by atoms with van der Waals surface area (Å²) >= 11 is 0. The third-order valence-electron chi connectivity index (χ3n) is 3.90. The highest BCUT2D eigenvalue weighted by atomic mass is 15.2. The van der Waals surface area contributed by atoms with E-state index in [1.54, 1.807) is 0 Å². The van der Waals surface area contributed by atoms with Crippen LogP contribution in [0.15, 0.2) is 0 Å². The van der Waals surface area contributed by atoms with Gasteiger partial charge in [-0.25, -0.2) is 0 Å². The third-order valence-corrected chi connectivity index (χ3v) is 3.90. The highest BCUT2D eigenvalue weighted by Gasteiger charge is 2.28. The van der Waals surface area contributed by atoms with Crippen LogP contribution in [0.4, 0.5) is 0 Å². The van der Waals surface area contributed by atoms with Crippen molar-refractivity contribution in [1.29, 1.82) is 0 Å². The maximum Gasteiger partial charge on any atom is 0.0153 e. The summed E-state index contributed by atoms with van der Waals surface area (Å²) in [6.45, 7) is 15.4. The summed E-state index contributed by atoms with van der Waals surface area (Å²) in [5.41, 5.74) is 0.375. The maximum atomic E-state index is 3.61. The molecule has 0 bridgehead atoms. The lowest BCUT2D eigenvalue weighted by atomic mass is 9.93. The van der Waals surface area contributed by atoms with Crippen LogP contribution in [0.3, 0.4) is 0 Å². The van der Waals surface area contributed by atoms with Gasteiger partial charge in [-0.15, -0.1) is 0 Å². The number of rotatable bonds is 3. The average molecular weight is 226 g/mol. The topological polar surface area (TPSA) is 15.3 Å². The monoisotopic (exact) mass is 226 g/mol. The van der Waals surface area contributed by atoms with Crippen molar-refractivity contribution in [2.24, 2.45) is 5.92 Å². The Morgan fingerprint density at radius 3 is 2.62 bits per heavy atom. The normalized spacial score (nSPS) is 29.8. The summed E-state index contributed by atoms with van der Waals surface area (Å²) < 4.78 is 0. The fourth-order valence-corrected chi connectivity index (χ4v) is 2.71. The molecule has 16 heavy (non-hydrogen) atoms. The molecule has 96 valence electrons. The molecule has 0 amide bonds. The van der Waals surface area contributed by atoms with Gasteiger partial charge in [-0.2, -0.15) is 0 Å². The van der Waals surface area contributed by atoms with Crippen LogP contribution in [-0.2, 0) is 0 Å². The summed E-state index contributed by atoms with van der Waals surface area (Å²) in [6, 6.07) is 0.669. The largest absolute Gasteiger partial charge is 0.314 e. The van der Waals surface area contributed by atoms with Crippen molar-refractivity contribution >= 4 is 0 Å². The van der Waals surface area contributed by atoms with Crippen LogP contribution in [0, 0.1) is 5.92 Å². The summed E-state index contributed by atoms with van der Waals surface area (Å²) in [5.74, 6) is 0.763. The Kier molecular flexibility index (Phi) is 5.26. The molecule has 1 fully saturated rings. The van der Waals surface area contributed by atoms with E-state index in [1.165, 1.54) is 38.9 Å². The SMILES string of the molecule is CCCC(C)(C)N1CCC(C)NCC(C)C1. The van der Waals surface area contributed by atoms with Crippen LogP contribution in [0.5, 0.6) is 0 Å². The Morgan fingerprint density at radius 1 is 1.31 bits per heavy atom. The second kappa shape index (κ2) is 6.02. The van der Waals surface area contributed by atoms with Crippen molar-refractivity contribution in [3.8, 4) is 0 Å². The van der Waals surface area contributed by atoms with Gasteiger partial charge in [0, 0.05) is 24.7 Å². The second-order valence-corrected chi connectivity index (χ2v) is 6.21. The number of hydrogen-bond donors (Lipinski definition) is 1. The van der Waals surface area contributed by atoms with Gasteiger partial charge in [-0.1, -0.05) is 20.3 Å². The maximum absolute atomic E-state index is 3.61. The predicted octanol–water partition coefficient (Wildman–Crippen LogP) is 2.89. The molecular weight excluding hydrogens is 196 g/mol. The molecule has 0 radical (unpaired) electrons. The lowest BCUT2D eigenvalue weighted by Gasteiger charge is -2.42. The first-order chi connectivity index (χ1) is 7.45. The van der Waals surface area contributed by atoms with E-state index in [9.17, 15) is 0 Å². The highest BCUT2D eigenvalue weighted by Crippen LogP contribution is 2.23. The van der Waals surface area contributed by atoms with E-state index in [2.05, 4.69) is 44.8 Å². The number of hydrogen-bond acceptors (Lipinski definition) is 2. The van der Waals surface area contributed by atoms with Gasteiger partial charge in [0.2, 0.25) is 0 Å². The molecular formula is C14H30N2. The highest BCUT2D eigenvalue weighted by molar-refractivity contribution is 4.85. The lowest BCUT2D eigenvalue weighted by Crippen LogP contribution is -2.51. The minimum atomic E-state index is 0.375. The molecule has 0 aromatic rings. The van der Waals surface area contributed by atoms with Crippen molar-refractivity contribution in [2.75, 3.05) is 19.6 Å². The Balaban J connectivity index is 2.61. The standard InChI is InChI=1S/C14H30N2/c1-6-8-14(4,5)16-9-7-13(3)15-10-12(2)11-16/h12-13,15H,6-11H2,1-5H3. The van der Waals surface area contributed by atoms with E-state index >= 15 is 0 Å². The van der Waals surface area contributed by atoms with Gasteiger partial charge in [0.25, 0.3) is 0 Å². The van der Waals surface area contributed by atoms with E-state index in [0.29, 0.717) is 11.6 Å². The molecule has 1 N–H and O–H groups in total. The first-order valence-corrected chi connectivity index (χ1v) is 6.94. The molecule has 1 aliphatic heterocycles. The first kappa shape index (κ1) is 14.0. The quantitative estimate of drug-likeness (QED) is 0.796. The molecule has 2 heteroatoms. The van der Waals surface area contributed by atoms with E-state index in [-0.39, 0.29) is 0 Å². The molecule has 0 aromatic carbocycles. The van der Waals surface area contributed by atoms with Gasteiger partial charge in [0.1, 0.15) is 0 Å². The van der Waals surface area contributed by atoms with Crippen LogP contribution in [-0.4, -0.2) is 36.1 Å². The van der Waals surface area contributed by atoms with Crippen LogP contribution in [0.25, 0.3) is 0 Å². The Bertz CT molecular complexity index is 201. The molecule has 0 spiro atoms. The molecule has 2 atom stereocenters. The zero-order chi connectivity index (χ0) is 12.2. The molecule has 1 saturated heterocycles. The van der Waals surface area contributed by atoms with E-state index in [0.717, 1.165) is 5.92 Å². The van der Waals surface area contributed by atoms with E-state index < -0.39 is 0 Å².